The molecule has 0 bridgehead atoms. The molecule has 0 saturated carbocycles. The molecule has 0 aliphatic rings. The highest BCUT2D eigenvalue weighted by Gasteiger charge is 2.19. The number of aryl methyl sites for hydroxylation is 2. The molecule has 0 atom stereocenters. The number of imidazole rings is 1. The van der Waals surface area contributed by atoms with Crippen LogP contribution in [0.3, 0.4) is 0 Å². The van der Waals surface area contributed by atoms with Crippen molar-refractivity contribution >= 4 is 27.0 Å². The van der Waals surface area contributed by atoms with Crippen LogP contribution in [0.1, 0.15) is 20.3 Å². The lowest BCUT2D eigenvalue weighted by molar-refractivity contribution is 0.0662. The zero-order valence-corrected chi connectivity index (χ0v) is 12.7. The largest absolute Gasteiger partial charge is 0.390 e. The minimum atomic E-state index is -0.899. The number of halogens is 2. The van der Waals surface area contributed by atoms with Crippen molar-refractivity contribution in [3.05, 3.63) is 32.9 Å². The van der Waals surface area contributed by atoms with Crippen LogP contribution in [0.5, 0.6) is 0 Å². The predicted molar refractivity (Wildman–Crippen MR) is 75.8 cm³/mol. The summed E-state index contributed by atoms with van der Waals surface area (Å²) in [6.45, 7) is 3.60. The molecule has 0 aliphatic carbocycles. The molecule has 0 saturated heterocycles. The number of rotatable bonds is 3. The first-order chi connectivity index (χ1) is 8.72. The summed E-state index contributed by atoms with van der Waals surface area (Å²) in [5.74, 6) is -0.453. The number of nitrogens with zero attached hydrogens (tertiary/aromatic N) is 2. The molecule has 1 aromatic heterocycles. The van der Waals surface area contributed by atoms with Gasteiger partial charge in [0.2, 0.25) is 0 Å². The van der Waals surface area contributed by atoms with Gasteiger partial charge in [0, 0.05) is 13.6 Å². The summed E-state index contributed by atoms with van der Waals surface area (Å²) in [6.07, 6.45) is 0.373. The van der Waals surface area contributed by atoms with Crippen LogP contribution in [-0.4, -0.2) is 19.8 Å². The smallest absolute Gasteiger partial charge is 0.328 e. The van der Waals surface area contributed by atoms with E-state index in [0.29, 0.717) is 16.4 Å². The Morgan fingerprint density at radius 1 is 1.42 bits per heavy atom. The lowest BCUT2D eigenvalue weighted by Crippen LogP contribution is -2.27. The van der Waals surface area contributed by atoms with Crippen LogP contribution in [0.2, 0.25) is 0 Å². The fraction of sp³-hybridized carbons (Fsp3) is 0.462. The van der Waals surface area contributed by atoms with Crippen LogP contribution in [0.4, 0.5) is 4.39 Å². The molecule has 1 heterocycles. The Labute approximate surface area is 118 Å². The van der Waals surface area contributed by atoms with E-state index in [0.717, 1.165) is 0 Å². The third-order valence-corrected chi connectivity index (χ3v) is 3.76. The van der Waals surface area contributed by atoms with E-state index in [1.807, 2.05) is 0 Å². The SMILES string of the molecule is Cn1c(=O)n(CCC(C)(C)O)c2c(F)c(Br)ccc21. The molecular formula is C13H16BrFN2O2. The highest BCUT2D eigenvalue weighted by molar-refractivity contribution is 9.10. The molecule has 4 nitrogen and oxygen atoms in total. The Bertz CT molecular complexity index is 682. The van der Waals surface area contributed by atoms with Crippen molar-refractivity contribution in [1.29, 1.82) is 0 Å². The van der Waals surface area contributed by atoms with Gasteiger partial charge in [-0.3, -0.25) is 9.13 Å². The third kappa shape index (κ3) is 2.60. The predicted octanol–water partition coefficient (Wildman–Crippen LogP) is 2.40. The minimum absolute atomic E-state index is 0.270. The van der Waals surface area contributed by atoms with Crippen LogP contribution in [0, 0.1) is 5.82 Å². The van der Waals surface area contributed by atoms with Crippen LogP contribution in [0.15, 0.2) is 21.4 Å². The first-order valence-electron chi connectivity index (χ1n) is 5.98. The monoisotopic (exact) mass is 330 g/mol. The Morgan fingerprint density at radius 3 is 2.63 bits per heavy atom. The summed E-state index contributed by atoms with van der Waals surface area (Å²) >= 11 is 3.13. The fourth-order valence-corrected chi connectivity index (χ4v) is 2.35. The van der Waals surface area contributed by atoms with Crippen LogP contribution in [-0.2, 0) is 13.6 Å². The zero-order valence-electron chi connectivity index (χ0n) is 11.1. The molecule has 2 rings (SSSR count). The average Bonchev–Trinajstić information content (AvgIpc) is 2.55. The molecule has 0 amide bonds. The topological polar surface area (TPSA) is 47.2 Å². The first-order valence-corrected chi connectivity index (χ1v) is 6.77. The minimum Gasteiger partial charge on any atom is -0.390 e. The van der Waals surface area contributed by atoms with Crippen molar-refractivity contribution in [3.8, 4) is 0 Å². The van der Waals surface area contributed by atoms with Crippen LogP contribution >= 0.6 is 15.9 Å². The van der Waals surface area contributed by atoms with E-state index >= 15 is 0 Å². The Hall–Kier alpha value is -1.14. The van der Waals surface area contributed by atoms with Gasteiger partial charge in [-0.1, -0.05) is 0 Å². The van der Waals surface area contributed by atoms with Gasteiger partial charge < -0.3 is 5.11 Å². The second-order valence-corrected chi connectivity index (χ2v) is 6.14. The molecule has 104 valence electrons. The average molecular weight is 331 g/mol. The first kappa shape index (κ1) is 14.3. The lowest BCUT2D eigenvalue weighted by Gasteiger charge is -2.17. The van der Waals surface area contributed by atoms with E-state index in [9.17, 15) is 14.3 Å². The molecule has 0 unspecified atom stereocenters. The number of benzene rings is 1. The normalized spacial score (nSPS) is 12.3. The Balaban J connectivity index is 2.63. The summed E-state index contributed by atoms with van der Waals surface area (Å²) in [6, 6.07) is 3.28. The molecule has 0 spiro atoms. The summed E-state index contributed by atoms with van der Waals surface area (Å²) in [7, 11) is 1.61. The van der Waals surface area contributed by atoms with Crippen molar-refractivity contribution in [3.63, 3.8) is 0 Å². The molecule has 0 aliphatic heterocycles. The maximum atomic E-state index is 14.2. The van der Waals surface area contributed by atoms with E-state index < -0.39 is 11.4 Å². The number of hydrogen-bond acceptors (Lipinski definition) is 2. The molecule has 0 fully saturated rings. The van der Waals surface area contributed by atoms with Gasteiger partial charge in [0.25, 0.3) is 0 Å². The van der Waals surface area contributed by atoms with Gasteiger partial charge in [0.05, 0.1) is 15.6 Å². The quantitative estimate of drug-likeness (QED) is 0.939. The van der Waals surface area contributed by atoms with E-state index in [-0.39, 0.29) is 17.8 Å². The van der Waals surface area contributed by atoms with Gasteiger partial charge in [-0.05, 0) is 48.3 Å². The van der Waals surface area contributed by atoms with Crippen molar-refractivity contribution in [2.24, 2.45) is 7.05 Å². The molecule has 6 heteroatoms. The lowest BCUT2D eigenvalue weighted by atomic mass is 10.1. The molecule has 1 aromatic carbocycles. The standard InChI is InChI=1S/C13H16BrFN2O2/c1-13(2,19)6-7-17-11-9(16(3)12(17)18)5-4-8(14)10(11)15/h4-5,19H,6-7H2,1-3H3. The number of hydrogen-bond donors (Lipinski definition) is 1. The van der Waals surface area contributed by atoms with Gasteiger partial charge >= 0.3 is 5.69 Å². The summed E-state index contributed by atoms with van der Waals surface area (Å²) in [5.41, 5.74) is -0.367. The molecule has 1 N–H and O–H groups in total. The van der Waals surface area contributed by atoms with Crippen molar-refractivity contribution in [1.82, 2.24) is 9.13 Å². The zero-order chi connectivity index (χ0) is 14.4. The van der Waals surface area contributed by atoms with Crippen molar-refractivity contribution in [2.75, 3.05) is 0 Å². The van der Waals surface area contributed by atoms with Gasteiger partial charge in [0.1, 0.15) is 5.52 Å². The molecule has 2 aromatic rings. The van der Waals surface area contributed by atoms with E-state index in [1.165, 1.54) is 9.13 Å². The summed E-state index contributed by atoms with van der Waals surface area (Å²) in [4.78, 5) is 12.1. The maximum Gasteiger partial charge on any atom is 0.328 e. The Morgan fingerprint density at radius 2 is 2.05 bits per heavy atom. The molecule has 19 heavy (non-hydrogen) atoms. The molecular weight excluding hydrogens is 315 g/mol. The van der Waals surface area contributed by atoms with Crippen LogP contribution < -0.4 is 5.69 Å². The molecule has 0 radical (unpaired) electrons. The second kappa shape index (κ2) is 4.76. The van der Waals surface area contributed by atoms with Gasteiger partial charge in [-0.2, -0.15) is 0 Å². The highest BCUT2D eigenvalue weighted by Crippen LogP contribution is 2.24. The highest BCUT2D eigenvalue weighted by atomic mass is 79.9. The van der Waals surface area contributed by atoms with Gasteiger partial charge in [0.15, 0.2) is 5.82 Å². The van der Waals surface area contributed by atoms with E-state index in [4.69, 9.17) is 0 Å². The van der Waals surface area contributed by atoms with Gasteiger partial charge in [-0.25, -0.2) is 9.18 Å². The number of aromatic nitrogens is 2. The van der Waals surface area contributed by atoms with E-state index in [2.05, 4.69) is 15.9 Å². The van der Waals surface area contributed by atoms with Gasteiger partial charge in [-0.15, -0.1) is 0 Å². The summed E-state index contributed by atoms with van der Waals surface area (Å²) in [5, 5.41) is 9.75. The van der Waals surface area contributed by atoms with Crippen LogP contribution in [0.25, 0.3) is 11.0 Å². The fourth-order valence-electron chi connectivity index (χ4n) is 2.03. The van der Waals surface area contributed by atoms with E-state index in [1.54, 1.807) is 33.0 Å². The number of fused-ring (bicyclic) bond motifs is 1. The summed E-state index contributed by atoms with van der Waals surface area (Å²) < 4.78 is 17.3. The third-order valence-electron chi connectivity index (χ3n) is 3.14. The van der Waals surface area contributed by atoms with Crippen molar-refractivity contribution in [2.45, 2.75) is 32.4 Å². The van der Waals surface area contributed by atoms with Crippen molar-refractivity contribution < 1.29 is 9.50 Å². The second-order valence-electron chi connectivity index (χ2n) is 5.28. The maximum absolute atomic E-state index is 14.2. The Kier molecular flexibility index (Phi) is 3.57. The number of aliphatic hydroxyl groups is 1.